The second kappa shape index (κ2) is 5.09. The number of hydrogen-bond donors (Lipinski definition) is 2. The van der Waals surface area contributed by atoms with Crippen LogP contribution in [0.15, 0.2) is 0 Å². The maximum absolute atomic E-state index is 11.8. The number of hydrazine groups is 1. The molecule has 0 radical (unpaired) electrons. The molecular formula is C9H20N2O2S. The lowest BCUT2D eigenvalue weighted by molar-refractivity contribution is 0.420. The SMILES string of the molecule is CCCC(NN)C1CCCCS1(=O)=O. The molecule has 1 aliphatic rings. The fourth-order valence-corrected chi connectivity index (χ4v) is 4.27. The number of sulfone groups is 1. The zero-order valence-corrected chi connectivity index (χ0v) is 9.52. The molecular weight excluding hydrogens is 200 g/mol. The molecule has 0 amide bonds. The van der Waals surface area contributed by atoms with E-state index in [4.69, 9.17) is 5.84 Å². The lowest BCUT2D eigenvalue weighted by Crippen LogP contribution is -2.49. The minimum atomic E-state index is -2.90. The summed E-state index contributed by atoms with van der Waals surface area (Å²) in [4.78, 5) is 0. The third kappa shape index (κ3) is 2.68. The van der Waals surface area contributed by atoms with E-state index in [1.165, 1.54) is 0 Å². The molecule has 2 unspecified atom stereocenters. The van der Waals surface area contributed by atoms with Crippen molar-refractivity contribution in [3.05, 3.63) is 0 Å². The molecule has 1 aliphatic heterocycles. The normalized spacial score (nSPS) is 28.6. The largest absolute Gasteiger partial charge is 0.271 e. The van der Waals surface area contributed by atoms with Crippen molar-refractivity contribution in [3.8, 4) is 0 Å². The highest BCUT2D eigenvalue weighted by Gasteiger charge is 2.34. The molecule has 0 aromatic rings. The highest BCUT2D eigenvalue weighted by Crippen LogP contribution is 2.23. The predicted molar refractivity (Wildman–Crippen MR) is 57.4 cm³/mol. The van der Waals surface area contributed by atoms with Gasteiger partial charge in [-0.2, -0.15) is 0 Å². The Morgan fingerprint density at radius 3 is 2.71 bits per heavy atom. The monoisotopic (exact) mass is 220 g/mol. The van der Waals surface area contributed by atoms with Crippen molar-refractivity contribution in [1.29, 1.82) is 0 Å². The van der Waals surface area contributed by atoms with Crippen molar-refractivity contribution in [2.24, 2.45) is 5.84 Å². The number of nitrogens with one attached hydrogen (secondary N) is 1. The van der Waals surface area contributed by atoms with Crippen LogP contribution in [0.25, 0.3) is 0 Å². The summed E-state index contributed by atoms with van der Waals surface area (Å²) in [6, 6.07) is -0.0645. The van der Waals surface area contributed by atoms with Crippen molar-refractivity contribution >= 4 is 9.84 Å². The van der Waals surface area contributed by atoms with Gasteiger partial charge in [0.25, 0.3) is 0 Å². The van der Waals surface area contributed by atoms with Gasteiger partial charge in [-0.3, -0.25) is 11.3 Å². The van der Waals surface area contributed by atoms with Gasteiger partial charge >= 0.3 is 0 Å². The molecule has 14 heavy (non-hydrogen) atoms. The molecule has 0 bridgehead atoms. The van der Waals surface area contributed by atoms with Crippen molar-refractivity contribution in [3.63, 3.8) is 0 Å². The summed E-state index contributed by atoms with van der Waals surface area (Å²) >= 11 is 0. The minimum absolute atomic E-state index is 0.0645. The van der Waals surface area contributed by atoms with Gasteiger partial charge in [0.2, 0.25) is 0 Å². The molecule has 1 saturated heterocycles. The second-order valence-corrected chi connectivity index (χ2v) is 6.30. The summed E-state index contributed by atoms with van der Waals surface area (Å²) in [5, 5.41) is -0.263. The third-order valence-corrected chi connectivity index (χ3v) is 5.24. The molecule has 84 valence electrons. The topological polar surface area (TPSA) is 72.2 Å². The molecule has 1 fully saturated rings. The first-order valence-electron chi connectivity index (χ1n) is 5.29. The van der Waals surface area contributed by atoms with Crippen LogP contribution < -0.4 is 11.3 Å². The molecule has 2 atom stereocenters. The number of nitrogens with two attached hydrogens (primary N) is 1. The Bertz CT molecular complexity index is 264. The number of rotatable bonds is 4. The second-order valence-electron chi connectivity index (χ2n) is 3.96. The van der Waals surface area contributed by atoms with Crippen LogP contribution in [0, 0.1) is 0 Å². The van der Waals surface area contributed by atoms with Crippen LogP contribution in [-0.4, -0.2) is 25.5 Å². The Labute approximate surface area is 86.1 Å². The van der Waals surface area contributed by atoms with E-state index in [-0.39, 0.29) is 11.3 Å². The predicted octanol–water partition coefficient (Wildman–Crippen LogP) is 0.586. The summed E-state index contributed by atoms with van der Waals surface area (Å²) in [6.07, 6.45) is 4.37. The average molecular weight is 220 g/mol. The quantitative estimate of drug-likeness (QED) is 0.537. The Kier molecular flexibility index (Phi) is 4.34. The number of hydrogen-bond acceptors (Lipinski definition) is 4. The van der Waals surface area contributed by atoms with Gasteiger partial charge in [-0.1, -0.05) is 19.8 Å². The highest BCUT2D eigenvalue weighted by atomic mass is 32.2. The molecule has 0 saturated carbocycles. The Hall–Kier alpha value is -0.130. The molecule has 0 spiro atoms. The van der Waals surface area contributed by atoms with Crippen LogP contribution in [0.1, 0.15) is 39.0 Å². The fraction of sp³-hybridized carbons (Fsp3) is 1.00. The molecule has 5 heteroatoms. The first-order valence-corrected chi connectivity index (χ1v) is 7.01. The van der Waals surface area contributed by atoms with Crippen LogP contribution in [0.5, 0.6) is 0 Å². The molecule has 1 rings (SSSR count). The summed E-state index contributed by atoms with van der Waals surface area (Å²) in [7, 11) is -2.90. The van der Waals surface area contributed by atoms with Crippen LogP contribution in [0.4, 0.5) is 0 Å². The van der Waals surface area contributed by atoms with Crippen molar-refractivity contribution in [2.75, 3.05) is 5.75 Å². The maximum atomic E-state index is 11.8. The molecule has 3 N–H and O–H groups in total. The van der Waals surface area contributed by atoms with E-state index < -0.39 is 9.84 Å². The third-order valence-electron chi connectivity index (χ3n) is 2.89. The molecule has 0 aromatic heterocycles. The Morgan fingerprint density at radius 2 is 2.21 bits per heavy atom. The van der Waals surface area contributed by atoms with Gasteiger partial charge in [-0.05, 0) is 19.3 Å². The fourth-order valence-electron chi connectivity index (χ4n) is 2.12. The van der Waals surface area contributed by atoms with Crippen LogP contribution >= 0.6 is 0 Å². The summed E-state index contributed by atoms with van der Waals surface area (Å²) in [5.41, 5.74) is 2.65. The van der Waals surface area contributed by atoms with Crippen molar-refractivity contribution < 1.29 is 8.42 Å². The van der Waals surface area contributed by atoms with Crippen LogP contribution in [0.2, 0.25) is 0 Å². The molecule has 4 nitrogen and oxygen atoms in total. The lowest BCUT2D eigenvalue weighted by Gasteiger charge is -2.29. The summed E-state index contributed by atoms with van der Waals surface area (Å²) < 4.78 is 23.5. The first kappa shape index (κ1) is 11.9. The van der Waals surface area contributed by atoms with Gasteiger partial charge in [0.05, 0.1) is 11.0 Å². The zero-order valence-electron chi connectivity index (χ0n) is 8.70. The van der Waals surface area contributed by atoms with Gasteiger partial charge in [0, 0.05) is 6.04 Å². The maximum Gasteiger partial charge on any atom is 0.154 e. The summed E-state index contributed by atoms with van der Waals surface area (Å²) in [5.74, 6) is 5.73. The van der Waals surface area contributed by atoms with E-state index in [0.29, 0.717) is 5.75 Å². The standard InChI is InChI=1S/C9H20N2O2S/c1-2-5-8(11-10)9-6-3-4-7-14(9,12)13/h8-9,11H,2-7,10H2,1H3. The smallest absolute Gasteiger partial charge is 0.154 e. The van der Waals surface area contributed by atoms with Gasteiger partial charge in [-0.15, -0.1) is 0 Å². The van der Waals surface area contributed by atoms with Gasteiger partial charge < -0.3 is 0 Å². The van der Waals surface area contributed by atoms with Gasteiger partial charge in [0.15, 0.2) is 9.84 Å². The first-order chi connectivity index (χ1) is 6.61. The van der Waals surface area contributed by atoms with Crippen molar-refractivity contribution in [2.45, 2.75) is 50.3 Å². The van der Waals surface area contributed by atoms with Crippen molar-refractivity contribution in [1.82, 2.24) is 5.43 Å². The Balaban J connectivity index is 2.71. The lowest BCUT2D eigenvalue weighted by atomic mass is 10.0. The average Bonchev–Trinajstić information content (AvgIpc) is 2.14. The van der Waals surface area contributed by atoms with Gasteiger partial charge in [-0.25, -0.2) is 8.42 Å². The van der Waals surface area contributed by atoms with E-state index in [0.717, 1.165) is 32.1 Å². The van der Waals surface area contributed by atoms with Crippen LogP contribution in [0.3, 0.4) is 0 Å². The van der Waals surface area contributed by atoms with E-state index in [9.17, 15) is 8.42 Å². The minimum Gasteiger partial charge on any atom is -0.271 e. The van der Waals surface area contributed by atoms with Gasteiger partial charge in [0.1, 0.15) is 0 Å². The van der Waals surface area contributed by atoms with Crippen LogP contribution in [-0.2, 0) is 9.84 Å². The van der Waals surface area contributed by atoms with E-state index >= 15 is 0 Å². The van der Waals surface area contributed by atoms with E-state index in [2.05, 4.69) is 5.43 Å². The van der Waals surface area contributed by atoms with E-state index in [1.807, 2.05) is 6.92 Å². The molecule has 0 aromatic carbocycles. The zero-order chi connectivity index (χ0) is 10.6. The molecule has 0 aliphatic carbocycles. The Morgan fingerprint density at radius 1 is 1.50 bits per heavy atom. The summed E-state index contributed by atoms with van der Waals surface area (Å²) in [6.45, 7) is 2.04. The molecule has 1 heterocycles. The highest BCUT2D eigenvalue weighted by molar-refractivity contribution is 7.92. The van der Waals surface area contributed by atoms with E-state index in [1.54, 1.807) is 0 Å².